The van der Waals surface area contributed by atoms with Crippen molar-refractivity contribution in [1.29, 1.82) is 0 Å². The summed E-state index contributed by atoms with van der Waals surface area (Å²) in [5.74, 6) is -0.377. The van der Waals surface area contributed by atoms with Crippen LogP contribution in [0.1, 0.15) is 24.2 Å². The molecule has 0 unspecified atom stereocenters. The maximum Gasteiger partial charge on any atom is 0.338 e. The van der Waals surface area contributed by atoms with Crippen LogP contribution < -0.4 is 5.73 Å². The Hall–Kier alpha value is -2.02. The highest BCUT2D eigenvalue weighted by Crippen LogP contribution is 2.30. The third kappa shape index (κ3) is 3.47. The standard InChI is InChI=1S/C12H14N4O2S/c1-7(2)18-11(17)8-3-4-10(9(13)5-8)19-12-14-6-15-16-12/h3-7H,13H2,1-2H3,(H,14,15,16). The van der Waals surface area contributed by atoms with Crippen LogP contribution in [0.15, 0.2) is 34.6 Å². The van der Waals surface area contributed by atoms with E-state index in [1.807, 2.05) is 0 Å². The van der Waals surface area contributed by atoms with E-state index in [9.17, 15) is 4.79 Å². The highest BCUT2D eigenvalue weighted by atomic mass is 32.2. The Morgan fingerprint density at radius 2 is 2.26 bits per heavy atom. The normalized spacial score (nSPS) is 10.7. The molecule has 2 aromatic rings. The van der Waals surface area contributed by atoms with Crippen molar-refractivity contribution in [2.45, 2.75) is 30.0 Å². The Labute approximate surface area is 114 Å². The molecule has 0 fully saturated rings. The number of rotatable bonds is 4. The number of H-pyrrole nitrogens is 1. The summed E-state index contributed by atoms with van der Waals surface area (Å²) in [7, 11) is 0. The summed E-state index contributed by atoms with van der Waals surface area (Å²) in [6, 6.07) is 5.04. The number of benzene rings is 1. The van der Waals surface area contributed by atoms with E-state index in [-0.39, 0.29) is 12.1 Å². The number of carbonyl (C=O) groups is 1. The zero-order valence-corrected chi connectivity index (χ0v) is 11.4. The highest BCUT2D eigenvalue weighted by molar-refractivity contribution is 7.99. The van der Waals surface area contributed by atoms with E-state index in [4.69, 9.17) is 10.5 Å². The number of aromatic nitrogens is 3. The first-order chi connectivity index (χ1) is 9.06. The summed E-state index contributed by atoms with van der Waals surface area (Å²) >= 11 is 1.35. The zero-order chi connectivity index (χ0) is 13.8. The molecule has 2 rings (SSSR count). The molecule has 7 heteroatoms. The lowest BCUT2D eigenvalue weighted by Gasteiger charge is -2.09. The fraction of sp³-hybridized carbons (Fsp3) is 0.250. The SMILES string of the molecule is CC(C)OC(=O)c1ccc(Sc2ncn[nH]2)c(N)c1. The lowest BCUT2D eigenvalue weighted by atomic mass is 10.2. The van der Waals surface area contributed by atoms with Crippen molar-refractivity contribution in [3.63, 3.8) is 0 Å². The smallest absolute Gasteiger partial charge is 0.338 e. The van der Waals surface area contributed by atoms with Gasteiger partial charge in [0.05, 0.1) is 11.7 Å². The van der Waals surface area contributed by atoms with Crippen LogP contribution >= 0.6 is 11.8 Å². The number of nitrogen functional groups attached to an aromatic ring is 1. The van der Waals surface area contributed by atoms with Crippen molar-refractivity contribution >= 4 is 23.4 Å². The van der Waals surface area contributed by atoms with E-state index in [1.54, 1.807) is 32.0 Å². The number of anilines is 1. The van der Waals surface area contributed by atoms with Crippen LogP contribution in [0.2, 0.25) is 0 Å². The van der Waals surface area contributed by atoms with Gasteiger partial charge in [0.25, 0.3) is 0 Å². The molecule has 3 N–H and O–H groups in total. The number of esters is 1. The van der Waals surface area contributed by atoms with E-state index in [0.29, 0.717) is 16.4 Å². The monoisotopic (exact) mass is 278 g/mol. The molecular weight excluding hydrogens is 264 g/mol. The second-order valence-corrected chi connectivity index (χ2v) is 5.13. The first-order valence-corrected chi connectivity index (χ1v) is 6.51. The van der Waals surface area contributed by atoms with E-state index >= 15 is 0 Å². The Bertz CT molecular complexity index is 569. The largest absolute Gasteiger partial charge is 0.459 e. The fourth-order valence-electron chi connectivity index (χ4n) is 1.40. The third-order valence-electron chi connectivity index (χ3n) is 2.19. The van der Waals surface area contributed by atoms with Crippen molar-refractivity contribution < 1.29 is 9.53 Å². The molecule has 0 atom stereocenters. The Morgan fingerprint density at radius 3 is 2.84 bits per heavy atom. The molecule has 0 aliphatic rings. The quantitative estimate of drug-likeness (QED) is 0.657. The van der Waals surface area contributed by atoms with Crippen molar-refractivity contribution in [3.8, 4) is 0 Å². The topological polar surface area (TPSA) is 93.9 Å². The molecular formula is C12H14N4O2S. The Kier molecular flexibility index (Phi) is 4.06. The number of aromatic amines is 1. The summed E-state index contributed by atoms with van der Waals surface area (Å²) < 4.78 is 5.11. The average molecular weight is 278 g/mol. The predicted molar refractivity (Wildman–Crippen MR) is 71.9 cm³/mol. The van der Waals surface area contributed by atoms with Crippen molar-refractivity contribution in [1.82, 2.24) is 15.2 Å². The summed E-state index contributed by atoms with van der Waals surface area (Å²) in [5, 5.41) is 7.13. The second kappa shape index (κ2) is 5.75. The molecule has 0 aliphatic carbocycles. The minimum Gasteiger partial charge on any atom is -0.459 e. The summed E-state index contributed by atoms with van der Waals surface area (Å²) in [6.45, 7) is 3.60. The molecule has 0 amide bonds. The van der Waals surface area contributed by atoms with Crippen molar-refractivity contribution in [3.05, 3.63) is 30.1 Å². The lowest BCUT2D eigenvalue weighted by molar-refractivity contribution is 0.0378. The van der Waals surface area contributed by atoms with Gasteiger partial charge in [0, 0.05) is 10.6 Å². The Morgan fingerprint density at radius 1 is 1.47 bits per heavy atom. The molecule has 6 nitrogen and oxygen atoms in total. The molecule has 1 aromatic heterocycles. The average Bonchev–Trinajstić information content (AvgIpc) is 2.83. The van der Waals surface area contributed by atoms with Crippen LogP contribution in [0, 0.1) is 0 Å². The third-order valence-corrected chi connectivity index (χ3v) is 3.17. The van der Waals surface area contributed by atoms with Gasteiger partial charge in [0.15, 0.2) is 5.16 Å². The fourth-order valence-corrected chi connectivity index (χ4v) is 2.12. The van der Waals surface area contributed by atoms with Gasteiger partial charge in [-0.2, -0.15) is 5.10 Å². The van der Waals surface area contributed by atoms with E-state index in [2.05, 4.69) is 15.2 Å². The molecule has 19 heavy (non-hydrogen) atoms. The van der Waals surface area contributed by atoms with Gasteiger partial charge in [-0.15, -0.1) is 0 Å². The van der Waals surface area contributed by atoms with Crippen LogP contribution in [0.5, 0.6) is 0 Å². The van der Waals surface area contributed by atoms with E-state index < -0.39 is 0 Å². The van der Waals surface area contributed by atoms with Crippen LogP contribution in [0.4, 0.5) is 5.69 Å². The summed E-state index contributed by atoms with van der Waals surface area (Å²) in [4.78, 5) is 16.5. The summed E-state index contributed by atoms with van der Waals surface area (Å²) in [5.41, 5.74) is 6.85. The number of hydrogen-bond donors (Lipinski definition) is 2. The van der Waals surface area contributed by atoms with Gasteiger partial charge in [-0.3, -0.25) is 5.10 Å². The number of hydrogen-bond acceptors (Lipinski definition) is 6. The molecule has 0 bridgehead atoms. The van der Waals surface area contributed by atoms with Gasteiger partial charge in [-0.25, -0.2) is 9.78 Å². The molecule has 0 saturated heterocycles. The number of nitrogens with zero attached hydrogens (tertiary/aromatic N) is 2. The molecule has 1 aromatic carbocycles. The van der Waals surface area contributed by atoms with Crippen molar-refractivity contribution in [2.24, 2.45) is 0 Å². The van der Waals surface area contributed by atoms with Crippen LogP contribution in [-0.4, -0.2) is 27.3 Å². The molecule has 0 saturated carbocycles. The van der Waals surface area contributed by atoms with Crippen LogP contribution in [0.25, 0.3) is 0 Å². The van der Waals surface area contributed by atoms with Gasteiger partial charge in [-0.1, -0.05) is 0 Å². The van der Waals surface area contributed by atoms with Gasteiger partial charge < -0.3 is 10.5 Å². The van der Waals surface area contributed by atoms with Crippen LogP contribution in [-0.2, 0) is 4.74 Å². The predicted octanol–water partition coefficient (Wildman–Crippen LogP) is 2.10. The first kappa shape index (κ1) is 13.4. The molecule has 0 radical (unpaired) electrons. The number of nitrogens with one attached hydrogen (secondary N) is 1. The maximum atomic E-state index is 11.7. The number of nitrogens with two attached hydrogens (primary N) is 1. The Balaban J connectivity index is 2.15. The molecule has 0 spiro atoms. The molecule has 100 valence electrons. The van der Waals surface area contributed by atoms with Gasteiger partial charge >= 0.3 is 5.97 Å². The minimum absolute atomic E-state index is 0.156. The molecule has 1 heterocycles. The van der Waals surface area contributed by atoms with Gasteiger partial charge in [0.1, 0.15) is 6.33 Å². The first-order valence-electron chi connectivity index (χ1n) is 5.70. The lowest BCUT2D eigenvalue weighted by Crippen LogP contribution is -2.11. The zero-order valence-electron chi connectivity index (χ0n) is 10.6. The van der Waals surface area contributed by atoms with Gasteiger partial charge in [-0.05, 0) is 43.8 Å². The maximum absolute atomic E-state index is 11.7. The van der Waals surface area contributed by atoms with Crippen LogP contribution in [0.3, 0.4) is 0 Å². The number of carbonyl (C=O) groups excluding carboxylic acids is 1. The van der Waals surface area contributed by atoms with Crippen molar-refractivity contribution in [2.75, 3.05) is 5.73 Å². The van der Waals surface area contributed by atoms with E-state index in [0.717, 1.165) is 4.90 Å². The second-order valence-electron chi connectivity index (χ2n) is 4.10. The van der Waals surface area contributed by atoms with Gasteiger partial charge in [0.2, 0.25) is 0 Å². The molecule has 0 aliphatic heterocycles. The minimum atomic E-state index is -0.377. The highest BCUT2D eigenvalue weighted by Gasteiger charge is 2.12. The number of ether oxygens (including phenoxy) is 1. The summed E-state index contributed by atoms with van der Waals surface area (Å²) in [6.07, 6.45) is 1.27. The van der Waals surface area contributed by atoms with E-state index in [1.165, 1.54) is 18.1 Å².